The fraction of sp³-hybridized carbons (Fsp3) is 0.615. The Balaban J connectivity index is 3.22. The van der Waals surface area contributed by atoms with Crippen molar-refractivity contribution in [2.45, 2.75) is 37.8 Å². The lowest BCUT2D eigenvalue weighted by molar-refractivity contribution is 0.137. The van der Waals surface area contributed by atoms with Gasteiger partial charge >= 0.3 is 0 Å². The Morgan fingerprint density at radius 1 is 1.45 bits per heavy atom. The molecule has 0 aromatic carbocycles. The van der Waals surface area contributed by atoms with Crippen molar-refractivity contribution in [2.24, 2.45) is 0 Å². The van der Waals surface area contributed by atoms with Crippen molar-refractivity contribution in [3.05, 3.63) is 18.3 Å². The Kier molecular flexibility index (Phi) is 5.50. The number of aliphatic hydroxyl groups excluding tert-OH is 1. The molecule has 0 saturated heterocycles. The fourth-order valence-corrected chi connectivity index (χ4v) is 3.13. The number of nitrogens with one attached hydrogen (secondary N) is 1. The van der Waals surface area contributed by atoms with Gasteiger partial charge in [0.2, 0.25) is 0 Å². The summed E-state index contributed by atoms with van der Waals surface area (Å²) in [5.74, 6) is 0. The maximum atomic E-state index is 12.6. The third-order valence-corrected chi connectivity index (χ3v) is 5.21. The van der Waals surface area contributed by atoms with Gasteiger partial charge in [0.05, 0.1) is 17.8 Å². The van der Waals surface area contributed by atoms with Gasteiger partial charge in [-0.3, -0.25) is 0 Å². The van der Waals surface area contributed by atoms with Gasteiger partial charge in [0.1, 0.15) is 0 Å². The first-order chi connectivity index (χ1) is 9.27. The van der Waals surface area contributed by atoms with E-state index in [1.165, 1.54) is 13.2 Å². The summed E-state index contributed by atoms with van der Waals surface area (Å²) in [6.07, 6.45) is 2.33. The molecule has 0 aliphatic rings. The van der Waals surface area contributed by atoms with E-state index in [2.05, 4.69) is 10.3 Å². The molecule has 0 fully saturated rings. The van der Waals surface area contributed by atoms with Crippen LogP contribution in [0.15, 0.2) is 23.4 Å². The molecule has 1 aromatic rings. The van der Waals surface area contributed by atoms with Gasteiger partial charge in [-0.05, 0) is 32.4 Å². The van der Waals surface area contributed by atoms with E-state index in [9.17, 15) is 13.5 Å². The van der Waals surface area contributed by atoms with Crippen LogP contribution in [0.2, 0.25) is 0 Å². The highest BCUT2D eigenvalue weighted by molar-refractivity contribution is 7.89. The highest BCUT2D eigenvalue weighted by Gasteiger charge is 2.35. The summed E-state index contributed by atoms with van der Waals surface area (Å²) in [5, 5.41) is 12.4. The number of sulfonamides is 1. The number of likely N-dealkylation sites (N-methyl/N-ethyl adjacent to an activating group) is 1. The smallest absolute Gasteiger partial charge is 0.262 e. The van der Waals surface area contributed by atoms with Gasteiger partial charge in [0, 0.05) is 19.8 Å². The number of aromatic nitrogens is 1. The van der Waals surface area contributed by atoms with Crippen molar-refractivity contribution in [3.8, 4) is 0 Å². The summed E-state index contributed by atoms with van der Waals surface area (Å²) < 4.78 is 26.4. The minimum Gasteiger partial charge on any atom is -0.394 e. The van der Waals surface area contributed by atoms with Crippen LogP contribution in [0, 0.1) is 0 Å². The van der Waals surface area contributed by atoms with Gasteiger partial charge in [0.15, 0.2) is 5.03 Å². The van der Waals surface area contributed by atoms with Crippen LogP contribution in [0.4, 0.5) is 5.69 Å². The first-order valence-electron chi connectivity index (χ1n) is 6.56. The molecule has 7 heteroatoms. The lowest BCUT2D eigenvalue weighted by atomic mass is 10.1. The SMILES string of the molecule is CCCNc1cccnc1S(=O)(=O)N(C)C(C)(C)CO. The normalized spacial score (nSPS) is 12.7. The minimum absolute atomic E-state index is 0.0162. The molecule has 2 N–H and O–H groups in total. The minimum atomic E-state index is -3.77. The zero-order valence-electron chi connectivity index (χ0n) is 12.4. The zero-order valence-corrected chi connectivity index (χ0v) is 13.2. The van der Waals surface area contributed by atoms with Crippen molar-refractivity contribution in [1.29, 1.82) is 0 Å². The van der Waals surface area contributed by atoms with Crippen LogP contribution >= 0.6 is 0 Å². The Morgan fingerprint density at radius 3 is 2.65 bits per heavy atom. The van der Waals surface area contributed by atoms with Gasteiger partial charge in [-0.15, -0.1) is 0 Å². The topological polar surface area (TPSA) is 82.5 Å². The molecule has 0 aliphatic heterocycles. The average molecular weight is 301 g/mol. The summed E-state index contributed by atoms with van der Waals surface area (Å²) in [6, 6.07) is 3.38. The number of pyridine rings is 1. The van der Waals surface area contributed by atoms with Crippen molar-refractivity contribution < 1.29 is 13.5 Å². The van der Waals surface area contributed by atoms with Crippen LogP contribution in [0.25, 0.3) is 0 Å². The van der Waals surface area contributed by atoms with Crippen molar-refractivity contribution in [3.63, 3.8) is 0 Å². The van der Waals surface area contributed by atoms with Crippen LogP contribution < -0.4 is 5.32 Å². The molecule has 0 radical (unpaired) electrons. The Labute approximate surface area is 120 Å². The van der Waals surface area contributed by atoms with Crippen molar-refractivity contribution >= 4 is 15.7 Å². The Morgan fingerprint density at radius 2 is 2.10 bits per heavy atom. The van der Waals surface area contributed by atoms with Crippen LogP contribution in [-0.2, 0) is 10.0 Å². The predicted molar refractivity (Wildman–Crippen MR) is 79.1 cm³/mol. The first kappa shape index (κ1) is 16.9. The van der Waals surface area contributed by atoms with Crippen LogP contribution in [0.1, 0.15) is 27.2 Å². The molecular formula is C13H23N3O3S. The number of anilines is 1. The van der Waals surface area contributed by atoms with Crippen molar-refractivity contribution in [1.82, 2.24) is 9.29 Å². The van der Waals surface area contributed by atoms with E-state index in [0.717, 1.165) is 10.7 Å². The Bertz CT molecular complexity index is 544. The highest BCUT2D eigenvalue weighted by Crippen LogP contribution is 2.26. The molecule has 114 valence electrons. The quantitative estimate of drug-likeness (QED) is 0.793. The summed E-state index contributed by atoms with van der Waals surface area (Å²) >= 11 is 0. The number of nitrogens with zero attached hydrogens (tertiary/aromatic N) is 2. The molecule has 0 atom stereocenters. The summed E-state index contributed by atoms with van der Waals surface area (Å²) in [7, 11) is -2.32. The molecule has 6 nitrogen and oxygen atoms in total. The molecule has 0 bridgehead atoms. The summed E-state index contributed by atoms with van der Waals surface area (Å²) in [5.41, 5.74) is -0.409. The number of rotatable bonds is 7. The van der Waals surface area contributed by atoms with Gasteiger partial charge in [0.25, 0.3) is 10.0 Å². The van der Waals surface area contributed by atoms with E-state index >= 15 is 0 Å². The van der Waals surface area contributed by atoms with E-state index < -0.39 is 15.6 Å². The van der Waals surface area contributed by atoms with E-state index in [0.29, 0.717) is 12.2 Å². The second kappa shape index (κ2) is 6.51. The van der Waals surface area contributed by atoms with Gasteiger partial charge in [-0.1, -0.05) is 6.92 Å². The van der Waals surface area contributed by atoms with Crippen molar-refractivity contribution in [2.75, 3.05) is 25.5 Å². The second-order valence-electron chi connectivity index (χ2n) is 5.23. The summed E-state index contributed by atoms with van der Waals surface area (Å²) in [6.45, 7) is 5.71. The largest absolute Gasteiger partial charge is 0.394 e. The lowest BCUT2D eigenvalue weighted by Crippen LogP contribution is -2.47. The molecule has 0 spiro atoms. The summed E-state index contributed by atoms with van der Waals surface area (Å²) in [4.78, 5) is 4.00. The molecule has 0 amide bonds. The van der Waals surface area contributed by atoms with Gasteiger partial charge in [-0.2, -0.15) is 4.31 Å². The van der Waals surface area contributed by atoms with Crippen LogP contribution in [0.3, 0.4) is 0 Å². The zero-order chi connectivity index (χ0) is 15.4. The monoisotopic (exact) mass is 301 g/mol. The Hall–Kier alpha value is -1.18. The van der Waals surface area contributed by atoms with Crippen LogP contribution in [-0.4, -0.2) is 48.6 Å². The fourth-order valence-electron chi connectivity index (χ4n) is 1.55. The maximum absolute atomic E-state index is 12.6. The van der Waals surface area contributed by atoms with Crippen LogP contribution in [0.5, 0.6) is 0 Å². The van der Waals surface area contributed by atoms with Gasteiger partial charge < -0.3 is 10.4 Å². The molecule has 1 heterocycles. The molecule has 0 aliphatic carbocycles. The second-order valence-corrected chi connectivity index (χ2v) is 7.11. The molecule has 1 rings (SSSR count). The highest BCUT2D eigenvalue weighted by atomic mass is 32.2. The average Bonchev–Trinajstić information content (AvgIpc) is 2.44. The lowest BCUT2D eigenvalue weighted by Gasteiger charge is -2.32. The number of hydrogen-bond acceptors (Lipinski definition) is 5. The number of hydrogen-bond donors (Lipinski definition) is 2. The molecular weight excluding hydrogens is 278 g/mol. The molecule has 1 aromatic heterocycles. The third kappa shape index (κ3) is 3.47. The van der Waals surface area contributed by atoms with E-state index in [1.807, 2.05) is 6.92 Å². The first-order valence-corrected chi connectivity index (χ1v) is 8.00. The number of aliphatic hydroxyl groups is 1. The predicted octanol–water partition coefficient (Wildman–Crippen LogP) is 1.29. The molecule has 0 unspecified atom stereocenters. The van der Waals surface area contributed by atoms with Gasteiger partial charge in [-0.25, -0.2) is 13.4 Å². The van der Waals surface area contributed by atoms with E-state index in [-0.39, 0.29) is 11.6 Å². The van der Waals surface area contributed by atoms with E-state index in [1.54, 1.807) is 26.0 Å². The molecule has 0 saturated carbocycles. The standard InChI is InChI=1S/C13H23N3O3S/c1-5-8-14-11-7-6-9-15-12(11)20(18,19)16(4)13(2,3)10-17/h6-7,9,14,17H,5,8,10H2,1-4H3. The van der Waals surface area contributed by atoms with E-state index in [4.69, 9.17) is 0 Å². The molecule has 20 heavy (non-hydrogen) atoms. The third-order valence-electron chi connectivity index (χ3n) is 3.18. The maximum Gasteiger partial charge on any atom is 0.262 e.